The number of rotatable bonds is 4. The van der Waals surface area contributed by atoms with Gasteiger partial charge in [-0.3, -0.25) is 11.5 Å². The average Bonchev–Trinajstić information content (AvgIpc) is 2.55. The number of hydrogen-bond donors (Lipinski definition) is 2. The van der Waals surface area contributed by atoms with Crippen molar-refractivity contribution in [2.45, 2.75) is 12.8 Å². The fraction of sp³-hybridized carbons (Fsp3) is 0.125. The van der Waals surface area contributed by atoms with E-state index in [1.807, 2.05) is 24.3 Å². The quantitative estimate of drug-likeness (QED) is 0.299. The van der Waals surface area contributed by atoms with Gasteiger partial charge in [0.15, 0.2) is 0 Å². The molecule has 1 radical (unpaired) electrons. The Hall–Kier alpha value is -3.78. The van der Waals surface area contributed by atoms with Crippen molar-refractivity contribution in [2.75, 3.05) is 11.5 Å². The number of hydrogen-bond acceptors (Lipinski definition) is 10. The number of anilines is 2. The number of aliphatic carboxylic acids is 4. The first-order valence-electron chi connectivity index (χ1n) is 7.28. The minimum absolute atomic E-state index is 0. The molecule has 0 aliphatic rings. The molecular formula is C16H22CuN4O10. The summed E-state index contributed by atoms with van der Waals surface area (Å²) in [7, 11) is 0. The van der Waals surface area contributed by atoms with E-state index in [9.17, 15) is 39.6 Å². The van der Waals surface area contributed by atoms with Crippen molar-refractivity contribution < 1.29 is 77.6 Å². The molecule has 0 atom stereocenters. The molecule has 14 nitrogen and oxygen atoms in total. The zero-order chi connectivity index (χ0) is 21.9. The smallest absolute Gasteiger partial charge is 0.550 e. The summed E-state index contributed by atoms with van der Waals surface area (Å²) in [5, 5.41) is 37.1. The molecule has 177 valence electrons. The molecule has 15 heteroatoms. The number of nitrogen functional groups attached to an aromatic ring is 2. The van der Waals surface area contributed by atoms with Gasteiger partial charge in [-0.15, -0.1) is 0 Å². The number of aromatic amines is 2. The molecule has 0 saturated heterocycles. The molecule has 2 rings (SSSR count). The standard InChI is InChI=1S/2C5H6N2.2C3H4O4.Cu.2H2O/c2*6-5-3-1-2-4-7-5;2*4-2(5)1-3(6)7;;;/h2*1-4H,(H2,6,7);2*1H2,(H,4,5)(H,6,7);;2*1H2/q;;;;+2;;/p-2. The van der Waals surface area contributed by atoms with Crippen molar-refractivity contribution in [1.29, 1.82) is 0 Å². The molecule has 2 aromatic rings. The zero-order valence-electron chi connectivity index (χ0n) is 15.8. The van der Waals surface area contributed by atoms with Crippen LogP contribution in [0.1, 0.15) is 12.8 Å². The summed E-state index contributed by atoms with van der Waals surface area (Å²) < 4.78 is 0. The third kappa shape index (κ3) is 37.6. The average molecular weight is 494 g/mol. The minimum Gasteiger partial charge on any atom is -0.550 e. The molecule has 0 aliphatic heterocycles. The number of nitrogens with two attached hydrogens (primary N) is 2. The summed E-state index contributed by atoms with van der Waals surface area (Å²) in [6, 6.07) is 11.1. The summed E-state index contributed by atoms with van der Waals surface area (Å²) in [5.74, 6) is -5.11. The molecule has 0 spiro atoms. The Morgan fingerprint density at radius 2 is 0.903 bits per heavy atom. The zero-order valence-corrected chi connectivity index (χ0v) is 16.7. The van der Waals surface area contributed by atoms with Crippen molar-refractivity contribution in [3.8, 4) is 0 Å². The van der Waals surface area contributed by atoms with Crippen molar-refractivity contribution in [3.63, 3.8) is 0 Å². The first kappa shape index (κ1) is 37.9. The summed E-state index contributed by atoms with van der Waals surface area (Å²) in [4.78, 5) is 42.7. The van der Waals surface area contributed by atoms with Gasteiger partial charge in [-0.1, -0.05) is 12.1 Å². The first-order chi connectivity index (χ1) is 13.0. The van der Waals surface area contributed by atoms with E-state index >= 15 is 0 Å². The normalized spacial score (nSPS) is 7.48. The molecule has 0 bridgehead atoms. The minimum atomic E-state index is -1.63. The Bertz CT molecular complexity index is 648. The van der Waals surface area contributed by atoms with Crippen LogP contribution in [0.5, 0.6) is 0 Å². The van der Waals surface area contributed by atoms with Crippen LogP contribution in [0.2, 0.25) is 0 Å². The molecule has 0 aliphatic carbocycles. The predicted molar refractivity (Wildman–Crippen MR) is 91.3 cm³/mol. The van der Waals surface area contributed by atoms with Gasteiger partial charge in [0.2, 0.25) is 0 Å². The SMILES string of the molecule is Nc1cccc[nH+]1.Nc1cccc[nH+]1.O.O.O=C([O-])CC(=O)[O-].O=C([O-])CC(=O)[O-].[Cu+2]. The summed E-state index contributed by atoms with van der Waals surface area (Å²) in [5.41, 5.74) is 10.6. The molecular weight excluding hydrogens is 472 g/mol. The van der Waals surface area contributed by atoms with Gasteiger partial charge in [0.25, 0.3) is 11.6 Å². The number of pyridine rings is 2. The molecule has 0 fully saturated rings. The van der Waals surface area contributed by atoms with Crippen LogP contribution < -0.4 is 41.9 Å². The van der Waals surface area contributed by atoms with Crippen molar-refractivity contribution >= 4 is 35.5 Å². The summed E-state index contributed by atoms with van der Waals surface area (Å²) in [6.45, 7) is 0. The van der Waals surface area contributed by atoms with E-state index in [1.54, 1.807) is 24.5 Å². The molecule has 0 amide bonds. The number of carbonyl (C=O) groups excluding carboxylic acids is 4. The monoisotopic (exact) mass is 493 g/mol. The third-order valence-electron chi connectivity index (χ3n) is 2.04. The van der Waals surface area contributed by atoms with Crippen molar-refractivity contribution in [3.05, 3.63) is 48.8 Å². The van der Waals surface area contributed by atoms with Crippen LogP contribution in [0.25, 0.3) is 0 Å². The number of nitrogens with one attached hydrogen (secondary N) is 2. The second-order valence-corrected chi connectivity index (χ2v) is 4.48. The van der Waals surface area contributed by atoms with Crippen LogP contribution in [0, 0.1) is 0 Å². The number of aromatic nitrogens is 2. The Morgan fingerprint density at radius 3 is 0.968 bits per heavy atom. The third-order valence-corrected chi connectivity index (χ3v) is 2.04. The molecule has 0 aromatic carbocycles. The van der Waals surface area contributed by atoms with Crippen molar-refractivity contribution in [1.82, 2.24) is 0 Å². The predicted octanol–water partition coefficient (Wildman–Crippen LogP) is -7.73. The Balaban J connectivity index is -0.0000000939. The van der Waals surface area contributed by atoms with Gasteiger partial charge in [0.05, 0.1) is 12.4 Å². The van der Waals surface area contributed by atoms with Crippen LogP contribution in [0.3, 0.4) is 0 Å². The van der Waals surface area contributed by atoms with E-state index in [1.165, 1.54) is 0 Å². The number of carbonyl (C=O) groups is 4. The van der Waals surface area contributed by atoms with Crippen LogP contribution >= 0.6 is 0 Å². The van der Waals surface area contributed by atoms with Crippen molar-refractivity contribution in [2.24, 2.45) is 0 Å². The van der Waals surface area contributed by atoms with Crippen LogP contribution in [0.15, 0.2) is 48.8 Å². The van der Waals surface area contributed by atoms with Crippen LogP contribution in [-0.2, 0) is 36.2 Å². The fourth-order valence-electron chi connectivity index (χ4n) is 1.05. The van der Waals surface area contributed by atoms with Gasteiger partial charge in [0.1, 0.15) is 0 Å². The van der Waals surface area contributed by atoms with Crippen LogP contribution in [-0.4, -0.2) is 34.8 Å². The molecule has 0 unspecified atom stereocenters. The molecule has 31 heavy (non-hydrogen) atoms. The second kappa shape index (κ2) is 24.3. The van der Waals surface area contributed by atoms with E-state index in [4.69, 9.17) is 11.5 Å². The van der Waals surface area contributed by atoms with Crippen LogP contribution in [0.4, 0.5) is 11.6 Å². The topological polar surface area (TPSA) is 304 Å². The largest absolute Gasteiger partial charge is 2.00 e. The van der Waals surface area contributed by atoms with E-state index in [0.29, 0.717) is 11.6 Å². The molecule has 2 aromatic heterocycles. The van der Waals surface area contributed by atoms with Gasteiger partial charge in [-0.2, -0.15) is 0 Å². The fourth-order valence-corrected chi connectivity index (χ4v) is 1.05. The van der Waals surface area contributed by atoms with E-state index in [0.717, 1.165) is 0 Å². The second-order valence-electron chi connectivity index (χ2n) is 4.48. The molecule has 10 N–H and O–H groups in total. The molecule has 2 heterocycles. The number of carboxylic acid groups (broad SMARTS) is 4. The Labute approximate surface area is 186 Å². The van der Waals surface area contributed by atoms with E-state index in [2.05, 4.69) is 9.97 Å². The van der Waals surface area contributed by atoms with E-state index in [-0.39, 0.29) is 28.0 Å². The Kier molecular flexibility index (Phi) is 29.7. The van der Waals surface area contributed by atoms with Gasteiger partial charge >= 0.3 is 17.1 Å². The molecule has 0 saturated carbocycles. The summed E-state index contributed by atoms with van der Waals surface area (Å²) >= 11 is 0. The summed E-state index contributed by atoms with van der Waals surface area (Å²) in [6.07, 6.45) is 1.52. The van der Waals surface area contributed by atoms with Gasteiger partial charge in [-0.05, 0) is 12.1 Å². The van der Waals surface area contributed by atoms with Gasteiger partial charge < -0.3 is 50.6 Å². The van der Waals surface area contributed by atoms with Gasteiger partial charge in [-0.25, -0.2) is 9.97 Å². The van der Waals surface area contributed by atoms with Gasteiger partial charge in [0, 0.05) is 48.9 Å². The maximum absolute atomic E-state index is 9.28. The number of H-pyrrole nitrogens is 2. The maximum atomic E-state index is 9.28. The first-order valence-corrected chi connectivity index (χ1v) is 7.28. The Morgan fingerprint density at radius 1 is 0.645 bits per heavy atom. The maximum Gasteiger partial charge on any atom is 2.00 e. The number of carboxylic acids is 4. The van der Waals surface area contributed by atoms with E-state index < -0.39 is 36.7 Å².